The van der Waals surface area contributed by atoms with E-state index >= 15 is 0 Å². The molecule has 6 heterocycles. The quantitative estimate of drug-likeness (QED) is 0.116. The number of alkyl halides is 2. The number of oxazole rings is 1. The molecule has 5 aliphatic rings. The number of hydrogen-bond acceptors (Lipinski definition) is 12. The second kappa shape index (κ2) is 17.6. The summed E-state index contributed by atoms with van der Waals surface area (Å²) in [6.07, 6.45) is 8.23. The predicted molar refractivity (Wildman–Crippen MR) is 222 cm³/mol. The van der Waals surface area contributed by atoms with Gasteiger partial charge in [0.1, 0.15) is 18.1 Å². The van der Waals surface area contributed by atoms with Crippen LogP contribution < -0.4 is 16.0 Å². The lowest BCUT2D eigenvalue weighted by atomic mass is 9.85. The lowest BCUT2D eigenvalue weighted by Gasteiger charge is -2.39. The highest BCUT2D eigenvalue weighted by Crippen LogP contribution is 2.39. The lowest BCUT2D eigenvalue weighted by molar-refractivity contribution is -0.139. The monoisotopic (exact) mass is 854 g/mol. The molecule has 0 bridgehead atoms. The normalized spacial score (nSPS) is 23.6. The second-order valence-electron chi connectivity index (χ2n) is 17.5. The van der Waals surface area contributed by atoms with Gasteiger partial charge in [0.15, 0.2) is 17.6 Å². The molecule has 0 spiro atoms. The molecule has 2 aliphatic carbocycles. The number of carbonyl (C=O) groups excluding carboxylic acids is 4. The number of hydrogen-bond donors (Lipinski definition) is 4. The van der Waals surface area contributed by atoms with E-state index in [2.05, 4.69) is 47.9 Å². The van der Waals surface area contributed by atoms with Crippen molar-refractivity contribution in [2.75, 3.05) is 43.9 Å². The third kappa shape index (κ3) is 8.85. The molecule has 62 heavy (non-hydrogen) atoms. The van der Waals surface area contributed by atoms with Gasteiger partial charge in [-0.15, -0.1) is 0 Å². The molecule has 16 nitrogen and oxygen atoms in total. The van der Waals surface area contributed by atoms with Crippen LogP contribution in [0, 0.1) is 11.8 Å². The van der Waals surface area contributed by atoms with Crippen LogP contribution in [-0.4, -0.2) is 108 Å². The van der Waals surface area contributed by atoms with Gasteiger partial charge in [-0.3, -0.25) is 39.0 Å². The van der Waals surface area contributed by atoms with E-state index in [1.165, 1.54) is 30.2 Å². The van der Waals surface area contributed by atoms with E-state index in [1.807, 2.05) is 12.1 Å². The minimum absolute atomic E-state index is 0.0377. The fraction of sp³-hybridized carbons (Fsp3) is 0.523. The molecule has 2 saturated heterocycles. The van der Waals surface area contributed by atoms with Gasteiger partial charge in [0.2, 0.25) is 17.7 Å². The lowest BCUT2D eigenvalue weighted by Crippen LogP contribution is -2.53. The smallest absolute Gasteiger partial charge is 0.284 e. The maximum atomic E-state index is 14.2. The number of aromatic nitrogens is 4. The van der Waals surface area contributed by atoms with E-state index in [0.29, 0.717) is 46.9 Å². The second-order valence-corrected chi connectivity index (χ2v) is 17.5. The third-order valence-corrected chi connectivity index (χ3v) is 13.3. The average molecular weight is 855 g/mol. The summed E-state index contributed by atoms with van der Waals surface area (Å²) in [5.41, 5.74) is 1.81. The number of nitrogens with zero attached hydrogens (tertiary/aromatic N) is 7. The molecule has 4 N–H and O–H groups in total. The number of imide groups is 1. The van der Waals surface area contributed by atoms with Crippen LogP contribution in [0.25, 0.3) is 11.5 Å². The van der Waals surface area contributed by atoms with Crippen molar-refractivity contribution in [3.63, 3.8) is 0 Å². The van der Waals surface area contributed by atoms with Gasteiger partial charge in [-0.05, 0) is 107 Å². The highest BCUT2D eigenvalue weighted by molar-refractivity contribution is 6.06. The Kier molecular flexibility index (Phi) is 11.9. The van der Waals surface area contributed by atoms with Crippen LogP contribution in [0.1, 0.15) is 121 Å². The maximum absolute atomic E-state index is 14.2. The summed E-state index contributed by atoms with van der Waals surface area (Å²) in [6, 6.07) is 8.40. The fourth-order valence-electron chi connectivity index (χ4n) is 9.56. The van der Waals surface area contributed by atoms with Crippen molar-refractivity contribution in [3.8, 4) is 11.5 Å². The van der Waals surface area contributed by atoms with Crippen LogP contribution in [0.15, 0.2) is 53.4 Å². The number of benzene rings is 1. The van der Waals surface area contributed by atoms with Crippen LogP contribution >= 0.6 is 0 Å². The summed E-state index contributed by atoms with van der Waals surface area (Å²) in [4.78, 5) is 65.8. The van der Waals surface area contributed by atoms with Crippen LogP contribution in [0.2, 0.25) is 0 Å². The molecule has 2 unspecified atom stereocenters. The highest BCUT2D eigenvalue weighted by atomic mass is 19.3. The molecule has 18 heteroatoms. The molecule has 3 aliphatic heterocycles. The van der Waals surface area contributed by atoms with Crippen molar-refractivity contribution in [3.05, 3.63) is 77.1 Å². The molecule has 0 radical (unpaired) electrons. The number of aliphatic hydroxyl groups is 1. The number of amides is 4. The van der Waals surface area contributed by atoms with Gasteiger partial charge in [0.25, 0.3) is 18.2 Å². The first-order valence-electron chi connectivity index (χ1n) is 21.7. The molecule has 4 amide bonds. The molecule has 4 aromatic rings. The van der Waals surface area contributed by atoms with E-state index in [4.69, 9.17) is 4.42 Å². The Morgan fingerprint density at radius 1 is 1.03 bits per heavy atom. The first kappa shape index (κ1) is 41.7. The number of rotatable bonds is 14. The average Bonchev–Trinajstić information content (AvgIpc) is 3.67. The zero-order valence-corrected chi connectivity index (χ0v) is 34.6. The van der Waals surface area contributed by atoms with E-state index < -0.39 is 36.2 Å². The van der Waals surface area contributed by atoms with E-state index in [0.717, 1.165) is 70.3 Å². The van der Waals surface area contributed by atoms with Gasteiger partial charge >= 0.3 is 0 Å². The number of piperidine rings is 2. The highest BCUT2D eigenvalue weighted by Gasteiger charge is 2.45. The molecular weight excluding hydrogens is 803 g/mol. The van der Waals surface area contributed by atoms with Crippen LogP contribution in [0.3, 0.4) is 0 Å². The SMILES string of the molecule is CN(CC1CCC(n2cc(NC(=O)c3coc(-c4ccnc(NCC5CC5)c4)n3)c(C(F)F)n2)CC1)C1CCN(Cc2cccc3c2C(=O)N(C2CCC(=O)NC2=O)C3O)CC1. The number of likely N-dealkylation sites (tertiary alicyclic amines) is 1. The number of halogens is 2. The van der Waals surface area contributed by atoms with E-state index in [-0.39, 0.29) is 48.0 Å². The number of aliphatic hydroxyl groups excluding tert-OH is 1. The van der Waals surface area contributed by atoms with Crippen LogP contribution in [-0.2, 0) is 16.1 Å². The first-order chi connectivity index (χ1) is 30.0. The van der Waals surface area contributed by atoms with Crippen LogP contribution in [0.4, 0.5) is 20.3 Å². The number of carbonyl (C=O) groups is 4. The summed E-state index contributed by atoms with van der Waals surface area (Å²) in [7, 11) is 2.16. The molecular formula is C44H52F2N10O6. The van der Waals surface area contributed by atoms with Crippen molar-refractivity contribution in [2.45, 2.75) is 102 Å². The fourth-order valence-corrected chi connectivity index (χ4v) is 9.56. The minimum atomic E-state index is -2.88. The van der Waals surface area contributed by atoms with Gasteiger partial charge in [-0.25, -0.2) is 18.7 Å². The summed E-state index contributed by atoms with van der Waals surface area (Å²) in [5, 5.41) is 23.5. The summed E-state index contributed by atoms with van der Waals surface area (Å²) in [5.74, 6) is 0.0183. The number of anilines is 2. The largest absolute Gasteiger partial charge is 0.444 e. The molecule has 328 valence electrons. The Labute approximate surface area is 357 Å². The molecule has 3 aromatic heterocycles. The first-order valence-corrected chi connectivity index (χ1v) is 21.7. The van der Waals surface area contributed by atoms with Gasteiger partial charge < -0.3 is 25.1 Å². The van der Waals surface area contributed by atoms with Gasteiger partial charge in [0, 0.05) is 55.6 Å². The Morgan fingerprint density at radius 2 is 1.81 bits per heavy atom. The number of fused-ring (bicyclic) bond motifs is 1. The Bertz CT molecular complexity index is 2320. The Balaban J connectivity index is 0.747. The molecule has 9 rings (SSSR count). The zero-order valence-electron chi connectivity index (χ0n) is 34.6. The van der Waals surface area contributed by atoms with Gasteiger partial charge in [0.05, 0.1) is 17.3 Å². The molecule has 1 aromatic carbocycles. The van der Waals surface area contributed by atoms with Crippen molar-refractivity contribution >= 4 is 35.1 Å². The summed E-state index contributed by atoms with van der Waals surface area (Å²) in [6.45, 7) is 3.99. The van der Waals surface area contributed by atoms with Gasteiger partial charge in [-0.2, -0.15) is 5.10 Å². The van der Waals surface area contributed by atoms with Gasteiger partial charge in [-0.1, -0.05) is 18.2 Å². The topological polar surface area (TPSA) is 191 Å². The van der Waals surface area contributed by atoms with Crippen LogP contribution in [0.5, 0.6) is 0 Å². The van der Waals surface area contributed by atoms with Crippen molar-refractivity contribution in [1.29, 1.82) is 0 Å². The third-order valence-electron chi connectivity index (χ3n) is 13.3. The Hall–Kier alpha value is -5.59. The van der Waals surface area contributed by atoms with Crippen molar-refractivity contribution < 1.29 is 37.5 Å². The summed E-state index contributed by atoms with van der Waals surface area (Å²) >= 11 is 0. The number of nitrogens with one attached hydrogen (secondary N) is 3. The predicted octanol–water partition coefficient (Wildman–Crippen LogP) is 5.52. The Morgan fingerprint density at radius 3 is 2.55 bits per heavy atom. The standard InChI is InChI=1S/C44H52F2N10O6/c1-53(29-14-17-54(18-15-29)22-28-3-2-4-31-37(28)44(61)56(43(31)60)34-11-12-36(57)51-41(34)59)21-26-7-9-30(10-8-26)55-23-32(38(52-55)39(45)46)49-40(58)33-24-62-42(50-33)27-13-16-47-35(19-27)48-20-25-5-6-25/h2-4,13,16,19,23-26,29-30,34,39,43,60H,5-12,14-15,17-18,20-22H2,1H3,(H,47,48)(H,49,58)(H,51,57,59). The molecule has 2 atom stereocenters. The molecule has 4 fully saturated rings. The maximum Gasteiger partial charge on any atom is 0.284 e. The summed E-state index contributed by atoms with van der Waals surface area (Å²) < 4.78 is 35.6. The van der Waals surface area contributed by atoms with E-state index in [1.54, 1.807) is 29.1 Å². The number of pyridine rings is 1. The molecule has 2 saturated carbocycles. The van der Waals surface area contributed by atoms with E-state index in [9.17, 15) is 33.1 Å². The van der Waals surface area contributed by atoms with Crippen molar-refractivity contribution in [2.24, 2.45) is 11.8 Å². The van der Waals surface area contributed by atoms with Crippen molar-refractivity contribution in [1.82, 2.24) is 39.8 Å². The minimum Gasteiger partial charge on any atom is -0.444 e. The zero-order chi connectivity index (χ0) is 43.1.